The molecule has 1 aliphatic heterocycles. The molecule has 1 aromatic carbocycles. The standard InChI is InChI=1S/C22H33NO2.ClH/c1-7-12-25-16(3)14-23-11-10-22(6)18-9-8-15(2)20(24)17(18)13-19(23)21(22,4)5;/h7-9,16,19,24H,1,10-14H2,2-6H3;1H/t16?,19-,22?;/m1./s1. The minimum Gasteiger partial charge on any atom is -0.507 e. The molecule has 2 bridgehead atoms. The second-order valence-electron chi connectivity index (χ2n) is 8.71. The predicted molar refractivity (Wildman–Crippen MR) is 111 cm³/mol. The second kappa shape index (κ2) is 7.53. The smallest absolute Gasteiger partial charge is 0.122 e. The van der Waals surface area contributed by atoms with Gasteiger partial charge in [0.15, 0.2) is 0 Å². The Bertz CT molecular complexity index is 672. The van der Waals surface area contributed by atoms with Gasteiger partial charge in [-0.1, -0.05) is 39.0 Å². The van der Waals surface area contributed by atoms with Crippen molar-refractivity contribution >= 4 is 12.4 Å². The lowest BCUT2D eigenvalue weighted by Gasteiger charge is -2.61. The van der Waals surface area contributed by atoms with E-state index in [9.17, 15) is 5.11 Å². The van der Waals surface area contributed by atoms with Crippen LogP contribution in [0.15, 0.2) is 24.8 Å². The summed E-state index contributed by atoms with van der Waals surface area (Å²) in [5, 5.41) is 10.7. The lowest BCUT2D eigenvalue weighted by molar-refractivity contribution is -0.0602. The highest BCUT2D eigenvalue weighted by Gasteiger charge is 2.56. The van der Waals surface area contributed by atoms with E-state index in [4.69, 9.17) is 4.74 Å². The van der Waals surface area contributed by atoms with Gasteiger partial charge < -0.3 is 9.84 Å². The van der Waals surface area contributed by atoms with Crippen molar-refractivity contribution in [3.05, 3.63) is 41.5 Å². The molecule has 146 valence electrons. The number of piperidine rings is 1. The summed E-state index contributed by atoms with van der Waals surface area (Å²) in [4.78, 5) is 2.58. The lowest BCUT2D eigenvalue weighted by Crippen LogP contribution is -2.64. The number of halogens is 1. The van der Waals surface area contributed by atoms with Gasteiger partial charge in [-0.05, 0) is 55.3 Å². The lowest BCUT2D eigenvalue weighted by atomic mass is 9.51. The highest BCUT2D eigenvalue weighted by Crippen LogP contribution is 2.57. The number of benzene rings is 1. The highest BCUT2D eigenvalue weighted by atomic mass is 35.5. The molecule has 0 amide bonds. The molecule has 1 fully saturated rings. The van der Waals surface area contributed by atoms with Crippen molar-refractivity contribution in [2.24, 2.45) is 5.41 Å². The van der Waals surface area contributed by atoms with Gasteiger partial charge in [0.1, 0.15) is 5.75 Å². The fourth-order valence-electron chi connectivity index (χ4n) is 5.04. The number of aryl methyl sites for hydroxylation is 1. The number of phenolic OH excluding ortho intramolecular Hbond substituents is 1. The number of hydrogen-bond acceptors (Lipinski definition) is 3. The summed E-state index contributed by atoms with van der Waals surface area (Å²) in [6.45, 7) is 17.7. The van der Waals surface area contributed by atoms with E-state index in [2.05, 4.69) is 51.3 Å². The number of rotatable bonds is 5. The van der Waals surface area contributed by atoms with Crippen molar-refractivity contribution < 1.29 is 9.84 Å². The van der Waals surface area contributed by atoms with Gasteiger partial charge in [0.25, 0.3) is 0 Å². The summed E-state index contributed by atoms with van der Waals surface area (Å²) in [7, 11) is 0. The highest BCUT2D eigenvalue weighted by molar-refractivity contribution is 5.85. The maximum atomic E-state index is 10.7. The largest absolute Gasteiger partial charge is 0.507 e. The number of likely N-dealkylation sites (tertiary alicyclic amines) is 1. The Balaban J connectivity index is 0.00000243. The molecule has 0 spiro atoms. The molecule has 26 heavy (non-hydrogen) atoms. The summed E-state index contributed by atoms with van der Waals surface area (Å²) in [5.41, 5.74) is 3.74. The Hall–Kier alpha value is -1.03. The fourth-order valence-corrected chi connectivity index (χ4v) is 5.04. The van der Waals surface area contributed by atoms with Crippen LogP contribution >= 0.6 is 12.4 Å². The summed E-state index contributed by atoms with van der Waals surface area (Å²) >= 11 is 0. The topological polar surface area (TPSA) is 32.7 Å². The van der Waals surface area contributed by atoms with Crippen molar-refractivity contribution in [2.75, 3.05) is 19.7 Å². The molecule has 2 unspecified atom stereocenters. The first-order valence-corrected chi connectivity index (χ1v) is 9.51. The van der Waals surface area contributed by atoms with Crippen LogP contribution in [0.2, 0.25) is 0 Å². The molecule has 0 saturated carbocycles. The molecule has 3 nitrogen and oxygen atoms in total. The van der Waals surface area contributed by atoms with Crippen molar-refractivity contribution in [3.63, 3.8) is 0 Å². The first kappa shape index (κ1) is 21.3. The molecular weight excluding hydrogens is 346 g/mol. The van der Waals surface area contributed by atoms with E-state index in [1.807, 2.05) is 13.0 Å². The summed E-state index contributed by atoms with van der Waals surface area (Å²) in [5.74, 6) is 0.502. The number of fused-ring (bicyclic) bond motifs is 4. The zero-order valence-electron chi connectivity index (χ0n) is 16.8. The van der Waals surface area contributed by atoms with Crippen molar-refractivity contribution in [1.82, 2.24) is 4.90 Å². The van der Waals surface area contributed by atoms with E-state index in [0.29, 0.717) is 18.4 Å². The van der Waals surface area contributed by atoms with Gasteiger partial charge in [-0.25, -0.2) is 0 Å². The van der Waals surface area contributed by atoms with Crippen LogP contribution in [0.5, 0.6) is 5.75 Å². The zero-order chi connectivity index (χ0) is 18.4. The SMILES string of the molecule is C=CCOC(C)CN1CCC2(C)c3ccc(C)c(O)c3C[C@@H]1C2(C)C.Cl. The Morgan fingerprint density at radius 1 is 1.38 bits per heavy atom. The van der Waals surface area contributed by atoms with Crippen molar-refractivity contribution in [3.8, 4) is 5.75 Å². The summed E-state index contributed by atoms with van der Waals surface area (Å²) < 4.78 is 5.83. The van der Waals surface area contributed by atoms with Crippen LogP contribution in [-0.2, 0) is 16.6 Å². The van der Waals surface area contributed by atoms with E-state index in [1.165, 1.54) is 5.56 Å². The number of ether oxygens (including phenoxy) is 1. The van der Waals surface area contributed by atoms with E-state index < -0.39 is 0 Å². The van der Waals surface area contributed by atoms with Crippen LogP contribution < -0.4 is 0 Å². The van der Waals surface area contributed by atoms with Crippen LogP contribution in [0.25, 0.3) is 0 Å². The molecule has 0 aromatic heterocycles. The minimum absolute atomic E-state index is 0. The monoisotopic (exact) mass is 379 g/mol. The molecule has 0 radical (unpaired) electrons. The first-order chi connectivity index (χ1) is 11.7. The van der Waals surface area contributed by atoms with Crippen molar-refractivity contribution in [1.29, 1.82) is 0 Å². The molecule has 1 heterocycles. The van der Waals surface area contributed by atoms with Gasteiger partial charge >= 0.3 is 0 Å². The number of nitrogens with zero attached hydrogens (tertiary/aromatic N) is 1. The third-order valence-electron chi connectivity index (χ3n) is 7.06. The maximum Gasteiger partial charge on any atom is 0.122 e. The zero-order valence-corrected chi connectivity index (χ0v) is 17.7. The van der Waals surface area contributed by atoms with Gasteiger partial charge in [-0.15, -0.1) is 19.0 Å². The predicted octanol–water partition coefficient (Wildman–Crippen LogP) is 4.63. The molecular formula is C22H34ClNO2. The fraction of sp³-hybridized carbons (Fsp3) is 0.636. The molecule has 4 heteroatoms. The summed E-state index contributed by atoms with van der Waals surface area (Å²) in [6.07, 6.45) is 4.02. The van der Waals surface area contributed by atoms with Crippen LogP contribution in [0.4, 0.5) is 0 Å². The van der Waals surface area contributed by atoms with E-state index in [1.54, 1.807) is 0 Å². The molecule has 3 atom stereocenters. The van der Waals surface area contributed by atoms with Crippen LogP contribution in [0.3, 0.4) is 0 Å². The van der Waals surface area contributed by atoms with Crippen molar-refractivity contribution in [2.45, 2.75) is 65.0 Å². The van der Waals surface area contributed by atoms with E-state index >= 15 is 0 Å². The molecule has 2 aliphatic rings. The Morgan fingerprint density at radius 2 is 2.08 bits per heavy atom. The average Bonchev–Trinajstić information content (AvgIpc) is 2.55. The first-order valence-electron chi connectivity index (χ1n) is 9.51. The second-order valence-corrected chi connectivity index (χ2v) is 8.71. The van der Waals surface area contributed by atoms with Crippen LogP contribution in [0, 0.1) is 12.3 Å². The number of hydrogen-bond donors (Lipinski definition) is 1. The Labute approximate surface area is 164 Å². The third-order valence-corrected chi connectivity index (χ3v) is 7.06. The number of aromatic hydroxyl groups is 1. The van der Waals surface area contributed by atoms with Crippen LogP contribution in [-0.4, -0.2) is 41.8 Å². The molecule has 1 saturated heterocycles. The van der Waals surface area contributed by atoms with Gasteiger partial charge in [-0.3, -0.25) is 4.90 Å². The van der Waals surface area contributed by atoms with Crippen LogP contribution in [0.1, 0.15) is 50.8 Å². The Morgan fingerprint density at radius 3 is 2.73 bits per heavy atom. The maximum absolute atomic E-state index is 10.7. The van der Waals surface area contributed by atoms with E-state index in [0.717, 1.165) is 37.1 Å². The third kappa shape index (κ3) is 3.19. The van der Waals surface area contributed by atoms with Gasteiger partial charge in [0.2, 0.25) is 0 Å². The Kier molecular flexibility index (Phi) is 6.16. The molecule has 1 N–H and O–H groups in total. The molecule has 1 aromatic rings. The average molecular weight is 380 g/mol. The molecule has 3 rings (SSSR count). The molecule has 1 aliphatic carbocycles. The quantitative estimate of drug-likeness (QED) is 0.757. The normalized spacial score (nSPS) is 28.0. The van der Waals surface area contributed by atoms with Gasteiger partial charge in [-0.2, -0.15) is 0 Å². The van der Waals surface area contributed by atoms with E-state index in [-0.39, 0.29) is 29.3 Å². The van der Waals surface area contributed by atoms with Gasteiger partial charge in [0.05, 0.1) is 12.7 Å². The van der Waals surface area contributed by atoms with Gasteiger partial charge in [0, 0.05) is 18.0 Å². The summed E-state index contributed by atoms with van der Waals surface area (Å²) in [6, 6.07) is 4.75. The number of phenols is 1. The minimum atomic E-state index is 0.